The average molecular weight is 367 g/mol. The van der Waals surface area contributed by atoms with Gasteiger partial charge in [-0.1, -0.05) is 31.9 Å². The fourth-order valence-corrected chi connectivity index (χ4v) is 2.13. The van der Waals surface area contributed by atoms with Gasteiger partial charge in [-0.15, -0.1) is 0 Å². The van der Waals surface area contributed by atoms with Crippen molar-refractivity contribution in [3.05, 3.63) is 32.7 Å². The van der Waals surface area contributed by atoms with Gasteiger partial charge in [0, 0.05) is 20.7 Å². The third kappa shape index (κ3) is 4.11. The number of hydrogen-bond acceptors (Lipinski definition) is 1. The maximum Gasteiger partial charge on any atom is 0.144 e. The van der Waals surface area contributed by atoms with E-state index in [1.54, 1.807) is 6.21 Å². The third-order valence-corrected chi connectivity index (χ3v) is 4.33. The lowest BCUT2D eigenvalue weighted by Crippen LogP contribution is -2.19. The number of hydrogen-bond donors (Lipinski definition) is 0. The molecule has 1 aromatic carbocycles. The summed E-state index contributed by atoms with van der Waals surface area (Å²) in [6.07, 6.45) is 1.64. The molecule has 0 bridgehead atoms. The van der Waals surface area contributed by atoms with Crippen LogP contribution in [0.4, 0.5) is 0 Å². The molecule has 0 heterocycles. The molecule has 1 aromatic rings. The van der Waals surface area contributed by atoms with Gasteiger partial charge in [-0.05, 0) is 39.0 Å². The van der Waals surface area contributed by atoms with Crippen LogP contribution in [0.1, 0.15) is 26.3 Å². The van der Waals surface area contributed by atoms with Crippen molar-refractivity contribution in [1.29, 1.82) is 0 Å². The van der Waals surface area contributed by atoms with Crippen LogP contribution < -0.4 is 0 Å². The molecule has 0 spiro atoms. The van der Waals surface area contributed by atoms with Gasteiger partial charge in [-0.2, -0.15) is 4.40 Å². The van der Waals surface area contributed by atoms with Crippen LogP contribution in [-0.4, -0.2) is 15.2 Å². The quantitative estimate of drug-likeness (QED) is 0.724. The molecule has 0 aromatic heterocycles. The Hall–Kier alpha value is -0.000000000000000111. The van der Waals surface area contributed by atoms with E-state index in [9.17, 15) is 4.21 Å². The van der Waals surface area contributed by atoms with Gasteiger partial charge in [-0.3, -0.25) is 0 Å². The molecule has 0 N–H and O–H groups in total. The molecule has 0 saturated heterocycles. The predicted octanol–water partition coefficient (Wildman–Crippen LogP) is 4.09. The highest BCUT2D eigenvalue weighted by Gasteiger charge is 2.18. The fourth-order valence-electron chi connectivity index (χ4n) is 0.876. The lowest BCUT2D eigenvalue weighted by Gasteiger charge is -2.12. The van der Waals surface area contributed by atoms with Crippen molar-refractivity contribution in [2.45, 2.75) is 25.5 Å². The zero-order chi connectivity index (χ0) is 12.3. The monoisotopic (exact) mass is 365 g/mol. The summed E-state index contributed by atoms with van der Waals surface area (Å²) in [6, 6.07) is 5.78. The van der Waals surface area contributed by atoms with E-state index < -0.39 is 11.0 Å². The first-order chi connectivity index (χ1) is 7.30. The van der Waals surface area contributed by atoms with Gasteiger partial charge >= 0.3 is 0 Å². The van der Waals surface area contributed by atoms with Crippen molar-refractivity contribution >= 4 is 49.1 Å². The van der Waals surface area contributed by atoms with E-state index in [4.69, 9.17) is 0 Å². The number of benzene rings is 1. The highest BCUT2D eigenvalue weighted by atomic mass is 79.9. The highest BCUT2D eigenvalue weighted by molar-refractivity contribution is 9.11. The fraction of sp³-hybridized carbons (Fsp3) is 0.364. The Morgan fingerprint density at radius 3 is 2.50 bits per heavy atom. The van der Waals surface area contributed by atoms with Crippen LogP contribution in [0, 0.1) is 0 Å². The van der Waals surface area contributed by atoms with Gasteiger partial charge in [0.15, 0.2) is 0 Å². The van der Waals surface area contributed by atoms with Gasteiger partial charge < -0.3 is 0 Å². The second kappa shape index (κ2) is 5.56. The van der Waals surface area contributed by atoms with E-state index in [-0.39, 0.29) is 4.75 Å². The Balaban J connectivity index is 2.93. The van der Waals surface area contributed by atoms with Crippen LogP contribution in [0.15, 0.2) is 31.5 Å². The number of halogens is 2. The molecule has 0 unspecified atom stereocenters. The normalized spacial score (nSPS) is 14.3. The molecule has 0 aliphatic rings. The summed E-state index contributed by atoms with van der Waals surface area (Å²) >= 11 is 6.80. The molecule has 0 fully saturated rings. The van der Waals surface area contributed by atoms with E-state index in [1.807, 2.05) is 39.0 Å². The van der Waals surface area contributed by atoms with E-state index in [2.05, 4.69) is 36.3 Å². The zero-order valence-electron chi connectivity index (χ0n) is 9.33. The molecule has 5 heteroatoms. The average Bonchev–Trinajstić information content (AvgIpc) is 2.17. The van der Waals surface area contributed by atoms with Crippen molar-refractivity contribution in [2.24, 2.45) is 4.40 Å². The molecule has 1 rings (SSSR count). The van der Waals surface area contributed by atoms with Gasteiger partial charge in [0.1, 0.15) is 11.0 Å². The predicted molar refractivity (Wildman–Crippen MR) is 77.3 cm³/mol. The summed E-state index contributed by atoms with van der Waals surface area (Å²) in [5, 5.41) is 0. The van der Waals surface area contributed by atoms with Crippen molar-refractivity contribution in [3.8, 4) is 0 Å². The molecule has 0 saturated carbocycles. The topological polar surface area (TPSA) is 29.4 Å². The first kappa shape index (κ1) is 14.1. The minimum atomic E-state index is -1.22. The smallest absolute Gasteiger partial charge is 0.144 e. The lowest BCUT2D eigenvalue weighted by molar-refractivity contribution is 0.651. The Bertz CT molecular complexity index is 438. The molecule has 0 aliphatic carbocycles. The number of rotatable bonds is 2. The summed E-state index contributed by atoms with van der Waals surface area (Å²) < 4.78 is 17.4. The minimum absolute atomic E-state index is 0.324. The van der Waals surface area contributed by atoms with Crippen LogP contribution >= 0.6 is 31.9 Å². The minimum Gasteiger partial charge on any atom is -0.234 e. The Morgan fingerprint density at radius 1 is 1.31 bits per heavy atom. The zero-order valence-corrected chi connectivity index (χ0v) is 13.3. The molecule has 2 nitrogen and oxygen atoms in total. The highest BCUT2D eigenvalue weighted by Crippen LogP contribution is 2.20. The van der Waals surface area contributed by atoms with Crippen LogP contribution in [0.3, 0.4) is 0 Å². The lowest BCUT2D eigenvalue weighted by atomic mass is 10.2. The Kier molecular flexibility index (Phi) is 4.88. The van der Waals surface area contributed by atoms with Gasteiger partial charge in [-0.25, -0.2) is 4.21 Å². The van der Waals surface area contributed by atoms with E-state index >= 15 is 0 Å². The Labute approximate surface area is 115 Å². The van der Waals surface area contributed by atoms with E-state index in [1.165, 1.54) is 0 Å². The summed E-state index contributed by atoms with van der Waals surface area (Å²) in [5.41, 5.74) is 0.909. The summed E-state index contributed by atoms with van der Waals surface area (Å²) in [4.78, 5) is 0. The molecule has 1 atom stereocenters. The van der Waals surface area contributed by atoms with Gasteiger partial charge in [0.25, 0.3) is 0 Å². The van der Waals surface area contributed by atoms with Gasteiger partial charge in [0.05, 0.1) is 4.75 Å². The second-order valence-corrected chi connectivity index (χ2v) is 7.97. The molecular formula is C11H13Br2NOS. The molecule has 16 heavy (non-hydrogen) atoms. The van der Waals surface area contributed by atoms with Crippen LogP contribution in [0.5, 0.6) is 0 Å². The van der Waals surface area contributed by atoms with E-state index in [0.29, 0.717) is 0 Å². The van der Waals surface area contributed by atoms with Crippen molar-refractivity contribution in [2.75, 3.05) is 0 Å². The van der Waals surface area contributed by atoms with Crippen LogP contribution in [0.25, 0.3) is 0 Å². The molecule has 0 radical (unpaired) electrons. The van der Waals surface area contributed by atoms with Crippen LogP contribution in [-0.2, 0) is 11.0 Å². The maximum atomic E-state index is 11.7. The second-order valence-electron chi connectivity index (χ2n) is 4.26. The molecular weight excluding hydrogens is 354 g/mol. The van der Waals surface area contributed by atoms with Crippen molar-refractivity contribution in [1.82, 2.24) is 0 Å². The standard InChI is InChI=1S/C11H13Br2NOS/c1-11(2,3)16(15)14-7-8-6-9(12)4-5-10(8)13/h4-7H,1-3H3/t16-/m0/s1. The SMILES string of the molecule is CC(C)(C)[S@](=O)N=Cc1cc(Br)ccc1Br. The Morgan fingerprint density at radius 2 is 1.94 bits per heavy atom. The van der Waals surface area contributed by atoms with Crippen molar-refractivity contribution in [3.63, 3.8) is 0 Å². The summed E-state index contributed by atoms with van der Waals surface area (Å²) in [5.74, 6) is 0. The third-order valence-electron chi connectivity index (χ3n) is 1.77. The first-order valence-corrected chi connectivity index (χ1v) is 7.41. The first-order valence-electron chi connectivity index (χ1n) is 4.72. The summed E-state index contributed by atoms with van der Waals surface area (Å²) in [6.45, 7) is 5.70. The summed E-state index contributed by atoms with van der Waals surface area (Å²) in [7, 11) is -1.22. The molecule has 0 aliphatic heterocycles. The molecule has 88 valence electrons. The van der Waals surface area contributed by atoms with E-state index in [0.717, 1.165) is 14.5 Å². The van der Waals surface area contributed by atoms with Crippen molar-refractivity contribution < 1.29 is 4.21 Å². The van der Waals surface area contributed by atoms with Gasteiger partial charge in [0.2, 0.25) is 0 Å². The number of nitrogens with zero attached hydrogens (tertiary/aromatic N) is 1. The largest absolute Gasteiger partial charge is 0.234 e. The van der Waals surface area contributed by atoms with Crippen LogP contribution in [0.2, 0.25) is 0 Å². The maximum absolute atomic E-state index is 11.7. The molecule has 0 amide bonds.